The summed E-state index contributed by atoms with van der Waals surface area (Å²) in [6, 6.07) is 0. The first-order valence-corrected chi connectivity index (χ1v) is 7.55. The molecule has 1 rings (SSSR count). The number of hydrogen-bond donors (Lipinski definition) is 1. The average Bonchev–Trinajstić information content (AvgIpc) is 2.24. The predicted molar refractivity (Wildman–Crippen MR) is 73.5 cm³/mol. The summed E-state index contributed by atoms with van der Waals surface area (Å²) in [5, 5.41) is 3.96. The van der Waals surface area contributed by atoms with Crippen LogP contribution in [0.15, 0.2) is 0 Å². The van der Waals surface area contributed by atoms with E-state index in [-0.39, 0.29) is 6.09 Å². The van der Waals surface area contributed by atoms with Gasteiger partial charge in [0.05, 0.1) is 0 Å². The number of nitrogens with one attached hydrogen (secondary N) is 1. The number of alkyl carbamates (subject to hydrolysis) is 1. The zero-order chi connectivity index (χ0) is 12.9. The fourth-order valence-electron chi connectivity index (χ4n) is 2.27. The minimum absolute atomic E-state index is 0.293. The van der Waals surface area contributed by atoms with Crippen LogP contribution in [0.4, 0.5) is 4.79 Å². The molecular weight excluding hydrogens is 282 g/mol. The van der Waals surface area contributed by atoms with Gasteiger partial charge >= 0.3 is 6.09 Å². The first-order valence-electron chi connectivity index (χ1n) is 6.43. The topological polar surface area (TPSA) is 38.3 Å². The van der Waals surface area contributed by atoms with Crippen LogP contribution < -0.4 is 5.32 Å². The van der Waals surface area contributed by atoms with Crippen LogP contribution in [-0.4, -0.2) is 23.6 Å². The molecule has 1 saturated carbocycles. The Kier molecular flexibility index (Phi) is 5.77. The summed E-state index contributed by atoms with van der Waals surface area (Å²) < 4.78 is 5.22. The van der Waals surface area contributed by atoms with Gasteiger partial charge < -0.3 is 10.1 Å². The van der Waals surface area contributed by atoms with E-state index in [4.69, 9.17) is 4.74 Å². The normalized spacial score (nSPS) is 25.4. The van der Waals surface area contributed by atoms with Crippen LogP contribution in [0, 0.1) is 11.8 Å². The third kappa shape index (κ3) is 6.29. The molecule has 1 aliphatic rings. The van der Waals surface area contributed by atoms with Crippen molar-refractivity contribution in [2.24, 2.45) is 11.8 Å². The highest BCUT2D eigenvalue weighted by Crippen LogP contribution is 2.29. The highest BCUT2D eigenvalue weighted by atomic mass is 79.9. The minimum atomic E-state index is -0.408. The summed E-state index contributed by atoms with van der Waals surface area (Å²) in [7, 11) is 0. The Bertz CT molecular complexity index is 250. The lowest BCUT2D eigenvalue weighted by molar-refractivity contribution is 0.0513. The molecule has 1 amide bonds. The summed E-state index contributed by atoms with van der Waals surface area (Å²) in [5.41, 5.74) is -0.408. The lowest BCUT2D eigenvalue weighted by Crippen LogP contribution is -2.36. The van der Waals surface area contributed by atoms with Crippen molar-refractivity contribution >= 4 is 22.0 Å². The van der Waals surface area contributed by atoms with Crippen molar-refractivity contribution in [3.05, 3.63) is 0 Å². The van der Waals surface area contributed by atoms with E-state index >= 15 is 0 Å². The highest BCUT2D eigenvalue weighted by Gasteiger charge is 2.22. The molecule has 3 nitrogen and oxygen atoms in total. The van der Waals surface area contributed by atoms with Gasteiger partial charge in [0.1, 0.15) is 5.60 Å². The molecule has 0 aliphatic heterocycles. The fourth-order valence-corrected chi connectivity index (χ4v) is 2.86. The number of carbonyl (C=O) groups excluding carboxylic acids is 1. The molecule has 0 saturated heterocycles. The smallest absolute Gasteiger partial charge is 0.407 e. The second kappa shape index (κ2) is 6.62. The van der Waals surface area contributed by atoms with E-state index in [1.54, 1.807) is 0 Å². The Labute approximate surface area is 113 Å². The Morgan fingerprint density at radius 2 is 2.00 bits per heavy atom. The third-order valence-corrected chi connectivity index (χ3v) is 3.96. The van der Waals surface area contributed by atoms with Crippen LogP contribution in [0.2, 0.25) is 0 Å². The number of alkyl halides is 1. The summed E-state index contributed by atoms with van der Waals surface area (Å²) in [4.78, 5) is 11.5. The second-order valence-corrected chi connectivity index (χ2v) is 6.58. The summed E-state index contributed by atoms with van der Waals surface area (Å²) >= 11 is 3.55. The fraction of sp³-hybridized carbons (Fsp3) is 0.923. The molecule has 1 aliphatic carbocycles. The van der Waals surface area contributed by atoms with Gasteiger partial charge in [-0.15, -0.1) is 0 Å². The lowest BCUT2D eigenvalue weighted by atomic mass is 9.82. The molecule has 0 aromatic rings. The van der Waals surface area contributed by atoms with Crippen LogP contribution in [0.5, 0.6) is 0 Å². The number of halogens is 1. The van der Waals surface area contributed by atoms with Crippen LogP contribution in [0.25, 0.3) is 0 Å². The van der Waals surface area contributed by atoms with Crippen molar-refractivity contribution in [3.63, 3.8) is 0 Å². The molecule has 2 atom stereocenters. The van der Waals surface area contributed by atoms with Gasteiger partial charge in [-0.2, -0.15) is 0 Å². The lowest BCUT2D eigenvalue weighted by Gasteiger charge is -2.28. The Balaban J connectivity index is 2.23. The maximum Gasteiger partial charge on any atom is 0.407 e. The maximum absolute atomic E-state index is 11.5. The number of ether oxygens (including phenoxy) is 1. The van der Waals surface area contributed by atoms with Gasteiger partial charge in [0.25, 0.3) is 0 Å². The van der Waals surface area contributed by atoms with Gasteiger partial charge in [0.2, 0.25) is 0 Å². The molecule has 0 spiro atoms. The van der Waals surface area contributed by atoms with Crippen LogP contribution >= 0.6 is 15.9 Å². The molecule has 0 radical (unpaired) electrons. The summed E-state index contributed by atoms with van der Waals surface area (Å²) in [6.07, 6.45) is 4.73. The summed E-state index contributed by atoms with van der Waals surface area (Å²) in [5.74, 6) is 1.38. The van der Waals surface area contributed by atoms with E-state index < -0.39 is 5.60 Å². The van der Waals surface area contributed by atoms with Crippen molar-refractivity contribution in [2.45, 2.75) is 52.1 Å². The van der Waals surface area contributed by atoms with Gasteiger partial charge in [0.15, 0.2) is 0 Å². The molecule has 0 aromatic heterocycles. The molecule has 0 aromatic carbocycles. The van der Waals surface area contributed by atoms with E-state index in [0.29, 0.717) is 5.92 Å². The van der Waals surface area contributed by atoms with Gasteiger partial charge in [-0.3, -0.25) is 0 Å². The number of hydrogen-bond acceptors (Lipinski definition) is 2. The van der Waals surface area contributed by atoms with Gasteiger partial charge in [0, 0.05) is 11.9 Å². The molecule has 0 heterocycles. The summed E-state index contributed by atoms with van der Waals surface area (Å²) in [6.45, 7) is 6.40. The third-order valence-electron chi connectivity index (χ3n) is 3.04. The number of rotatable bonds is 3. The van der Waals surface area contributed by atoms with E-state index in [9.17, 15) is 4.79 Å². The standard InChI is InChI=1S/C13H24BrNO2/c1-13(2,3)17-12(16)15-9-11-6-4-5-10(7-11)8-14/h10-11H,4-9H2,1-3H3,(H,15,16). The quantitative estimate of drug-likeness (QED) is 0.807. The van der Waals surface area contributed by atoms with Crippen molar-refractivity contribution in [3.8, 4) is 0 Å². The molecule has 2 unspecified atom stereocenters. The van der Waals surface area contributed by atoms with E-state index in [1.807, 2.05) is 20.8 Å². The predicted octanol–water partition coefficient (Wildman–Crippen LogP) is 3.71. The molecule has 17 heavy (non-hydrogen) atoms. The number of amides is 1. The van der Waals surface area contributed by atoms with Gasteiger partial charge in [-0.05, 0) is 51.9 Å². The second-order valence-electron chi connectivity index (χ2n) is 5.94. The zero-order valence-electron chi connectivity index (χ0n) is 11.1. The zero-order valence-corrected chi connectivity index (χ0v) is 12.7. The molecule has 100 valence electrons. The molecule has 0 bridgehead atoms. The van der Waals surface area contributed by atoms with E-state index in [1.165, 1.54) is 25.7 Å². The minimum Gasteiger partial charge on any atom is -0.444 e. The van der Waals surface area contributed by atoms with Crippen molar-refractivity contribution < 1.29 is 9.53 Å². The van der Waals surface area contributed by atoms with Crippen molar-refractivity contribution in [1.29, 1.82) is 0 Å². The number of carbonyl (C=O) groups is 1. The first kappa shape index (κ1) is 14.8. The Hall–Kier alpha value is -0.250. The van der Waals surface area contributed by atoms with Crippen molar-refractivity contribution in [2.75, 3.05) is 11.9 Å². The van der Waals surface area contributed by atoms with E-state index in [0.717, 1.165) is 17.8 Å². The maximum atomic E-state index is 11.5. The van der Waals surface area contributed by atoms with Gasteiger partial charge in [-0.25, -0.2) is 4.79 Å². The van der Waals surface area contributed by atoms with Crippen LogP contribution in [0.3, 0.4) is 0 Å². The molecule has 4 heteroatoms. The van der Waals surface area contributed by atoms with Gasteiger partial charge in [-0.1, -0.05) is 22.4 Å². The highest BCUT2D eigenvalue weighted by molar-refractivity contribution is 9.09. The monoisotopic (exact) mass is 305 g/mol. The van der Waals surface area contributed by atoms with E-state index in [2.05, 4.69) is 21.2 Å². The molecule has 1 fully saturated rings. The SMILES string of the molecule is CC(C)(C)OC(=O)NCC1CCCC(CBr)C1. The van der Waals surface area contributed by atoms with Crippen LogP contribution in [-0.2, 0) is 4.74 Å². The molecular formula is C13H24BrNO2. The average molecular weight is 306 g/mol. The first-order chi connectivity index (χ1) is 7.90. The Morgan fingerprint density at radius 1 is 1.35 bits per heavy atom. The Morgan fingerprint density at radius 3 is 2.59 bits per heavy atom. The van der Waals surface area contributed by atoms with Crippen LogP contribution in [0.1, 0.15) is 46.5 Å². The largest absolute Gasteiger partial charge is 0.444 e. The molecule has 1 N–H and O–H groups in total. The van der Waals surface area contributed by atoms with Crippen molar-refractivity contribution in [1.82, 2.24) is 5.32 Å².